The fraction of sp³-hybridized carbons (Fsp3) is 0.538. The van der Waals surface area contributed by atoms with Crippen LogP contribution in [0.15, 0.2) is 21.3 Å². The summed E-state index contributed by atoms with van der Waals surface area (Å²) in [6.45, 7) is 6.33. The van der Waals surface area contributed by atoms with Crippen molar-refractivity contribution < 1.29 is 4.52 Å². The molecular weight excluding hydrogens is 260 g/mol. The number of rotatable bonds is 4. The topological polar surface area (TPSA) is 54.2 Å². The molecule has 2 aromatic rings. The van der Waals surface area contributed by atoms with Crippen molar-refractivity contribution in [2.24, 2.45) is 0 Å². The van der Waals surface area contributed by atoms with Crippen LogP contribution in [0.25, 0.3) is 11.5 Å². The molecule has 1 aliphatic heterocycles. The summed E-state index contributed by atoms with van der Waals surface area (Å²) in [4.78, 5) is 7.00. The Labute approximate surface area is 116 Å². The van der Waals surface area contributed by atoms with E-state index in [0.717, 1.165) is 44.0 Å². The maximum Gasteiger partial charge on any atom is 0.258 e. The molecule has 0 aliphatic carbocycles. The zero-order valence-electron chi connectivity index (χ0n) is 11.0. The number of nitrogens with zero attached hydrogens (tertiary/aromatic N) is 3. The first-order valence-electron chi connectivity index (χ1n) is 6.69. The lowest BCUT2D eigenvalue weighted by atomic mass is 10.1. The van der Waals surface area contributed by atoms with Crippen molar-refractivity contribution in [1.82, 2.24) is 20.4 Å². The first kappa shape index (κ1) is 12.8. The largest absolute Gasteiger partial charge is 0.334 e. The van der Waals surface area contributed by atoms with Gasteiger partial charge in [0.05, 0.1) is 11.6 Å². The summed E-state index contributed by atoms with van der Waals surface area (Å²) < 4.78 is 5.39. The standard InChI is InChI=1S/C13H18N4OS/c1-2-11(17-6-4-14-5-7-17)12-15-13(18-16-12)10-3-8-19-9-10/h3,8-9,11,14H,2,4-7H2,1H3. The van der Waals surface area contributed by atoms with Gasteiger partial charge in [0.25, 0.3) is 5.89 Å². The van der Waals surface area contributed by atoms with Gasteiger partial charge >= 0.3 is 0 Å². The van der Waals surface area contributed by atoms with Crippen molar-refractivity contribution in [2.45, 2.75) is 19.4 Å². The Morgan fingerprint density at radius 2 is 2.32 bits per heavy atom. The Kier molecular flexibility index (Phi) is 3.91. The van der Waals surface area contributed by atoms with E-state index in [1.807, 2.05) is 16.8 Å². The molecule has 3 heterocycles. The molecule has 0 spiro atoms. The maximum atomic E-state index is 5.39. The summed E-state index contributed by atoms with van der Waals surface area (Å²) in [6, 6.07) is 2.27. The van der Waals surface area contributed by atoms with Gasteiger partial charge in [0.2, 0.25) is 0 Å². The number of nitrogens with one attached hydrogen (secondary N) is 1. The Morgan fingerprint density at radius 3 is 3.00 bits per heavy atom. The fourth-order valence-electron chi connectivity index (χ4n) is 2.47. The molecule has 0 aromatic carbocycles. The molecule has 1 unspecified atom stereocenters. The normalized spacial score (nSPS) is 18.6. The van der Waals surface area contributed by atoms with E-state index in [1.54, 1.807) is 11.3 Å². The molecule has 0 bridgehead atoms. The van der Waals surface area contributed by atoms with E-state index >= 15 is 0 Å². The van der Waals surface area contributed by atoms with Gasteiger partial charge in [-0.05, 0) is 17.9 Å². The second kappa shape index (κ2) is 5.81. The van der Waals surface area contributed by atoms with E-state index in [-0.39, 0.29) is 6.04 Å². The van der Waals surface area contributed by atoms with Gasteiger partial charge in [-0.25, -0.2) is 0 Å². The summed E-state index contributed by atoms with van der Waals surface area (Å²) in [5.74, 6) is 1.44. The lowest BCUT2D eigenvalue weighted by Crippen LogP contribution is -2.45. The predicted molar refractivity (Wildman–Crippen MR) is 75.1 cm³/mol. The van der Waals surface area contributed by atoms with Gasteiger partial charge in [-0.3, -0.25) is 4.90 Å². The minimum absolute atomic E-state index is 0.262. The Bertz CT molecular complexity index is 504. The first-order chi connectivity index (χ1) is 9.38. The van der Waals surface area contributed by atoms with Gasteiger partial charge in [0.15, 0.2) is 5.82 Å². The number of aromatic nitrogens is 2. The molecule has 0 saturated carbocycles. The summed E-state index contributed by atoms with van der Waals surface area (Å²) in [5.41, 5.74) is 1.01. The fourth-order valence-corrected chi connectivity index (χ4v) is 3.10. The van der Waals surface area contributed by atoms with E-state index in [1.165, 1.54) is 0 Å². The Morgan fingerprint density at radius 1 is 1.47 bits per heavy atom. The van der Waals surface area contributed by atoms with Gasteiger partial charge in [-0.1, -0.05) is 12.1 Å². The van der Waals surface area contributed by atoms with Gasteiger partial charge in [-0.2, -0.15) is 16.3 Å². The molecule has 1 fully saturated rings. The highest BCUT2D eigenvalue weighted by Gasteiger charge is 2.25. The van der Waals surface area contributed by atoms with E-state index < -0.39 is 0 Å². The first-order valence-corrected chi connectivity index (χ1v) is 7.63. The van der Waals surface area contributed by atoms with Crippen molar-refractivity contribution in [1.29, 1.82) is 0 Å². The van der Waals surface area contributed by atoms with Crippen molar-refractivity contribution in [2.75, 3.05) is 26.2 Å². The zero-order valence-corrected chi connectivity index (χ0v) is 11.8. The summed E-state index contributed by atoms with van der Waals surface area (Å²) in [5, 5.41) is 11.6. The number of hydrogen-bond acceptors (Lipinski definition) is 6. The van der Waals surface area contributed by atoms with Gasteiger partial charge in [0, 0.05) is 31.6 Å². The molecule has 1 N–H and O–H groups in total. The zero-order chi connectivity index (χ0) is 13.1. The summed E-state index contributed by atoms with van der Waals surface area (Å²) in [7, 11) is 0. The highest BCUT2D eigenvalue weighted by atomic mass is 32.1. The second-order valence-corrected chi connectivity index (χ2v) is 5.46. The molecule has 5 nitrogen and oxygen atoms in total. The average molecular weight is 278 g/mol. The molecule has 3 rings (SSSR count). The number of thiophene rings is 1. The lowest BCUT2D eigenvalue weighted by Gasteiger charge is -2.32. The average Bonchev–Trinajstić information content (AvgIpc) is 3.11. The highest BCUT2D eigenvalue weighted by Crippen LogP contribution is 2.26. The van der Waals surface area contributed by atoms with E-state index in [4.69, 9.17) is 4.52 Å². The van der Waals surface area contributed by atoms with Crippen LogP contribution in [-0.2, 0) is 0 Å². The van der Waals surface area contributed by atoms with Crippen LogP contribution >= 0.6 is 11.3 Å². The van der Waals surface area contributed by atoms with Crippen molar-refractivity contribution >= 4 is 11.3 Å². The van der Waals surface area contributed by atoms with Crippen LogP contribution in [-0.4, -0.2) is 41.2 Å². The minimum Gasteiger partial charge on any atom is -0.334 e. The molecule has 1 aliphatic rings. The van der Waals surface area contributed by atoms with Gasteiger partial charge in [-0.15, -0.1) is 0 Å². The van der Waals surface area contributed by atoms with E-state index in [9.17, 15) is 0 Å². The number of piperazine rings is 1. The molecular formula is C13H18N4OS. The molecule has 0 amide bonds. The highest BCUT2D eigenvalue weighted by molar-refractivity contribution is 7.08. The molecule has 19 heavy (non-hydrogen) atoms. The molecule has 0 radical (unpaired) electrons. The monoisotopic (exact) mass is 278 g/mol. The second-order valence-electron chi connectivity index (χ2n) is 4.68. The molecule has 6 heteroatoms. The third kappa shape index (κ3) is 2.70. The third-order valence-corrected chi connectivity index (χ3v) is 4.17. The van der Waals surface area contributed by atoms with Crippen LogP contribution in [0.1, 0.15) is 25.2 Å². The minimum atomic E-state index is 0.262. The van der Waals surface area contributed by atoms with Crippen LogP contribution in [0.2, 0.25) is 0 Å². The van der Waals surface area contributed by atoms with Gasteiger partial charge < -0.3 is 9.84 Å². The summed E-state index contributed by atoms with van der Waals surface area (Å²) in [6.07, 6.45) is 1.00. The smallest absolute Gasteiger partial charge is 0.258 e. The molecule has 102 valence electrons. The van der Waals surface area contributed by atoms with Crippen molar-refractivity contribution in [3.63, 3.8) is 0 Å². The van der Waals surface area contributed by atoms with Crippen LogP contribution in [0.4, 0.5) is 0 Å². The van der Waals surface area contributed by atoms with E-state index in [0.29, 0.717) is 5.89 Å². The van der Waals surface area contributed by atoms with Crippen molar-refractivity contribution in [3.8, 4) is 11.5 Å². The molecule has 1 saturated heterocycles. The maximum absolute atomic E-state index is 5.39. The van der Waals surface area contributed by atoms with Crippen LogP contribution in [0.3, 0.4) is 0 Å². The third-order valence-electron chi connectivity index (χ3n) is 3.49. The van der Waals surface area contributed by atoms with Gasteiger partial charge in [0.1, 0.15) is 0 Å². The molecule has 1 atom stereocenters. The molecule has 2 aromatic heterocycles. The van der Waals surface area contributed by atoms with Crippen LogP contribution in [0, 0.1) is 0 Å². The summed E-state index contributed by atoms with van der Waals surface area (Å²) >= 11 is 1.64. The van der Waals surface area contributed by atoms with Crippen LogP contribution < -0.4 is 5.32 Å². The number of hydrogen-bond donors (Lipinski definition) is 1. The SMILES string of the molecule is CCC(c1noc(-c2ccsc2)n1)N1CCNCC1. The Balaban J connectivity index is 1.79. The van der Waals surface area contributed by atoms with E-state index in [2.05, 4.69) is 27.3 Å². The Hall–Kier alpha value is -1.24. The predicted octanol–water partition coefficient (Wildman–Crippen LogP) is 2.15. The van der Waals surface area contributed by atoms with Crippen molar-refractivity contribution in [3.05, 3.63) is 22.7 Å². The lowest BCUT2D eigenvalue weighted by molar-refractivity contribution is 0.160. The van der Waals surface area contributed by atoms with Crippen LogP contribution in [0.5, 0.6) is 0 Å². The quantitative estimate of drug-likeness (QED) is 0.928.